The molecule has 0 aromatic carbocycles. The maximum Gasteiger partial charge on any atom is 3.00 e. The number of carbonyl (C=O) groups excluding carboxylic acids is 3. The molecule has 0 unspecified atom stereocenters. The van der Waals surface area contributed by atoms with Crippen molar-refractivity contribution in [2.45, 2.75) is 18.4 Å². The standard InChI is InChI=1S/C6H8O7.Bi.Li/c7-3(8)1-6(13,5(11)12)2-4(9)10;;/h13H,1-2H2,(H,7,8)(H,9,10)(H,11,12);;/q;+3;+1/p-3. The van der Waals surface area contributed by atoms with E-state index in [9.17, 15) is 29.7 Å². The van der Waals surface area contributed by atoms with Gasteiger partial charge in [0.2, 0.25) is 0 Å². The summed E-state index contributed by atoms with van der Waals surface area (Å²) < 4.78 is 0. The van der Waals surface area contributed by atoms with Gasteiger partial charge in [-0.05, 0) is 0 Å². The largest absolute Gasteiger partial charge is 3.00 e. The molecule has 0 atom stereocenters. The van der Waals surface area contributed by atoms with Crippen molar-refractivity contribution in [1.82, 2.24) is 0 Å². The molecule has 0 aliphatic carbocycles. The van der Waals surface area contributed by atoms with E-state index in [2.05, 4.69) is 0 Å². The Bertz CT molecular complexity index is 238. The third-order valence-corrected chi connectivity index (χ3v) is 1.25. The summed E-state index contributed by atoms with van der Waals surface area (Å²) >= 11 is 0. The summed E-state index contributed by atoms with van der Waals surface area (Å²) in [4.78, 5) is 30.0. The minimum Gasteiger partial charge on any atom is -0.550 e. The first-order chi connectivity index (χ1) is 5.78. The van der Waals surface area contributed by atoms with E-state index in [-0.39, 0.29) is 45.1 Å². The van der Waals surface area contributed by atoms with Crippen LogP contribution in [0.25, 0.3) is 0 Å². The third-order valence-electron chi connectivity index (χ3n) is 1.25. The van der Waals surface area contributed by atoms with Crippen molar-refractivity contribution < 1.29 is 53.7 Å². The molecule has 0 aliphatic rings. The predicted octanol–water partition coefficient (Wildman–Crippen LogP) is -8.63. The Morgan fingerprint density at radius 3 is 1.40 bits per heavy atom. The molecule has 1 N–H and O–H groups in total. The fraction of sp³-hybridized carbons (Fsp3) is 0.500. The van der Waals surface area contributed by atoms with Gasteiger partial charge in [-0.25, -0.2) is 0 Å². The second-order valence-electron chi connectivity index (χ2n) is 2.42. The van der Waals surface area contributed by atoms with Gasteiger partial charge in [-0.3, -0.25) is 0 Å². The van der Waals surface area contributed by atoms with Crippen molar-refractivity contribution >= 4 is 44.1 Å². The molecule has 0 bridgehead atoms. The molecular weight excluding hydrogens is 400 g/mol. The molecular formula is C6H5BiLiO7+. The smallest absolute Gasteiger partial charge is 0.550 e. The third kappa shape index (κ3) is 7.74. The van der Waals surface area contributed by atoms with Gasteiger partial charge in [0, 0.05) is 24.8 Å². The zero-order chi connectivity index (χ0) is 10.6. The van der Waals surface area contributed by atoms with Gasteiger partial charge in [0.25, 0.3) is 0 Å². The number of hydrogen-bond donors (Lipinski definition) is 1. The van der Waals surface area contributed by atoms with Crippen LogP contribution in [-0.2, 0) is 14.4 Å². The van der Waals surface area contributed by atoms with Crippen LogP contribution in [0.3, 0.4) is 0 Å². The molecule has 0 aromatic rings. The van der Waals surface area contributed by atoms with Crippen LogP contribution in [-0.4, -0.2) is 54.8 Å². The Labute approximate surface area is 116 Å². The zero-order valence-corrected chi connectivity index (χ0v) is 11.2. The van der Waals surface area contributed by atoms with Crippen LogP contribution in [0.5, 0.6) is 0 Å². The minimum atomic E-state index is -2.97. The van der Waals surface area contributed by atoms with E-state index in [1.165, 1.54) is 0 Å². The first-order valence-corrected chi connectivity index (χ1v) is 3.11. The number of carboxylic acid groups (broad SMARTS) is 3. The van der Waals surface area contributed by atoms with E-state index in [0.717, 1.165) is 0 Å². The molecule has 76 valence electrons. The Morgan fingerprint density at radius 1 is 1.00 bits per heavy atom. The SMILES string of the molecule is O=C([O-])CC(O)(CC(=O)[O-])C(=O)[O-].[Bi+3].[Li+]. The van der Waals surface area contributed by atoms with Crippen molar-refractivity contribution in [2.75, 3.05) is 0 Å². The van der Waals surface area contributed by atoms with E-state index < -0.39 is 36.4 Å². The summed E-state index contributed by atoms with van der Waals surface area (Å²) in [5.74, 6) is -5.98. The molecule has 0 aromatic heterocycles. The molecule has 0 saturated carbocycles. The van der Waals surface area contributed by atoms with Crippen LogP contribution >= 0.6 is 0 Å². The molecule has 0 saturated heterocycles. The van der Waals surface area contributed by atoms with Crippen LogP contribution < -0.4 is 34.2 Å². The van der Waals surface area contributed by atoms with Crippen molar-refractivity contribution in [1.29, 1.82) is 0 Å². The number of carboxylic acids is 3. The van der Waals surface area contributed by atoms with Crippen LogP contribution in [0.15, 0.2) is 0 Å². The zero-order valence-electron chi connectivity index (χ0n) is 7.76. The van der Waals surface area contributed by atoms with Crippen molar-refractivity contribution in [3.8, 4) is 0 Å². The summed E-state index contributed by atoms with van der Waals surface area (Å²) in [5.41, 5.74) is -2.97. The number of hydrogen-bond acceptors (Lipinski definition) is 7. The first kappa shape index (κ1) is 20.3. The second-order valence-corrected chi connectivity index (χ2v) is 2.42. The Morgan fingerprint density at radius 2 is 1.27 bits per heavy atom. The van der Waals surface area contributed by atoms with Gasteiger partial charge < -0.3 is 34.8 Å². The van der Waals surface area contributed by atoms with Gasteiger partial charge in [0.05, 0.1) is 5.97 Å². The summed E-state index contributed by atoms with van der Waals surface area (Å²) in [5, 5.41) is 38.9. The van der Waals surface area contributed by atoms with Gasteiger partial charge >= 0.3 is 45.1 Å². The molecule has 9 heteroatoms. The van der Waals surface area contributed by atoms with E-state index in [4.69, 9.17) is 5.11 Å². The maximum atomic E-state index is 10.1. The number of rotatable bonds is 5. The Kier molecular flexibility index (Phi) is 10.9. The van der Waals surface area contributed by atoms with Crippen LogP contribution in [0.1, 0.15) is 12.8 Å². The van der Waals surface area contributed by atoms with Crippen molar-refractivity contribution in [3.63, 3.8) is 0 Å². The summed E-state index contributed by atoms with van der Waals surface area (Å²) in [6, 6.07) is 0. The molecule has 7 nitrogen and oxygen atoms in total. The van der Waals surface area contributed by atoms with E-state index in [1.807, 2.05) is 0 Å². The van der Waals surface area contributed by atoms with Crippen LogP contribution in [0.2, 0.25) is 0 Å². The summed E-state index contributed by atoms with van der Waals surface area (Å²) in [6.45, 7) is 0. The normalized spacial score (nSPS) is 9.40. The second kappa shape index (κ2) is 8.06. The summed E-state index contributed by atoms with van der Waals surface area (Å²) in [6.07, 6.45) is -2.72. The van der Waals surface area contributed by atoms with Gasteiger partial charge in [-0.2, -0.15) is 0 Å². The fourth-order valence-electron chi connectivity index (χ4n) is 0.684. The monoisotopic (exact) mass is 405 g/mol. The van der Waals surface area contributed by atoms with Gasteiger partial charge in [-0.15, -0.1) is 0 Å². The molecule has 0 aliphatic heterocycles. The van der Waals surface area contributed by atoms with Crippen LogP contribution in [0, 0.1) is 0 Å². The topological polar surface area (TPSA) is 141 Å². The fourth-order valence-corrected chi connectivity index (χ4v) is 0.684. The van der Waals surface area contributed by atoms with Gasteiger partial charge in [0.15, 0.2) is 0 Å². The number of aliphatic carboxylic acids is 3. The van der Waals surface area contributed by atoms with Gasteiger partial charge in [-0.1, -0.05) is 0 Å². The van der Waals surface area contributed by atoms with Gasteiger partial charge in [0.1, 0.15) is 5.60 Å². The van der Waals surface area contributed by atoms with E-state index >= 15 is 0 Å². The molecule has 15 heavy (non-hydrogen) atoms. The quantitative estimate of drug-likeness (QED) is 0.448. The van der Waals surface area contributed by atoms with E-state index in [1.54, 1.807) is 0 Å². The van der Waals surface area contributed by atoms with Crippen molar-refractivity contribution in [3.05, 3.63) is 0 Å². The average Bonchev–Trinajstić information content (AvgIpc) is 1.82. The Hall–Kier alpha value is -0.149. The number of aliphatic hydroxyl groups is 1. The predicted molar refractivity (Wildman–Crippen MR) is 35.0 cm³/mol. The maximum absolute atomic E-state index is 10.1. The number of carbonyl (C=O) groups is 3. The van der Waals surface area contributed by atoms with E-state index in [0.29, 0.717) is 0 Å². The summed E-state index contributed by atoms with van der Waals surface area (Å²) in [7, 11) is 0. The van der Waals surface area contributed by atoms with Crippen LogP contribution in [0.4, 0.5) is 0 Å². The minimum absolute atomic E-state index is 0. The average molecular weight is 405 g/mol. The molecule has 0 fully saturated rings. The first-order valence-electron chi connectivity index (χ1n) is 3.11. The molecule has 0 amide bonds. The molecule has 0 rings (SSSR count). The molecule has 2 radical (unpaired) electrons. The molecule has 0 spiro atoms. The Balaban J connectivity index is -0.000000720. The van der Waals surface area contributed by atoms with Crippen molar-refractivity contribution in [2.24, 2.45) is 0 Å². The molecule has 0 heterocycles.